The Labute approximate surface area is 224 Å². The number of aromatic nitrogens is 1. The summed E-state index contributed by atoms with van der Waals surface area (Å²) in [5, 5.41) is 21.1. The van der Waals surface area contributed by atoms with E-state index in [0.29, 0.717) is 68.0 Å². The highest BCUT2D eigenvalue weighted by atomic mass is 19.2. The van der Waals surface area contributed by atoms with Gasteiger partial charge in [0.1, 0.15) is 17.4 Å². The van der Waals surface area contributed by atoms with Crippen LogP contribution in [0.2, 0.25) is 0 Å². The van der Waals surface area contributed by atoms with Crippen molar-refractivity contribution in [3.63, 3.8) is 0 Å². The molecule has 1 aromatic heterocycles. The molecule has 0 saturated carbocycles. The molecule has 0 spiro atoms. The van der Waals surface area contributed by atoms with Gasteiger partial charge in [-0.15, -0.1) is 0 Å². The Bertz CT molecular complexity index is 1330. The van der Waals surface area contributed by atoms with Crippen molar-refractivity contribution in [3.05, 3.63) is 70.9 Å². The molecule has 4 rings (SSSR count). The first-order valence-corrected chi connectivity index (χ1v) is 13.0. The van der Waals surface area contributed by atoms with Crippen LogP contribution in [0.3, 0.4) is 0 Å². The monoisotopic (exact) mass is 548 g/mol. The molecule has 10 heteroatoms. The molecule has 1 aliphatic rings. The van der Waals surface area contributed by atoms with Crippen LogP contribution in [0.5, 0.6) is 5.75 Å². The van der Waals surface area contributed by atoms with Crippen molar-refractivity contribution in [1.82, 2.24) is 9.88 Å². The maximum Gasteiger partial charge on any atom is 0.303 e. The number of halogens is 4. The van der Waals surface area contributed by atoms with Gasteiger partial charge in [-0.05, 0) is 93.4 Å². The number of carbonyl (C=O) groups is 1. The van der Waals surface area contributed by atoms with Crippen LogP contribution in [-0.4, -0.2) is 52.8 Å². The number of carboxylic acids is 1. The van der Waals surface area contributed by atoms with E-state index in [2.05, 4.69) is 9.88 Å². The van der Waals surface area contributed by atoms with Crippen LogP contribution in [0.4, 0.5) is 17.6 Å². The fourth-order valence-corrected chi connectivity index (χ4v) is 5.59. The number of likely N-dealkylation sites (tertiary alicyclic amines) is 1. The minimum absolute atomic E-state index is 0.00721. The first-order chi connectivity index (χ1) is 18.6. The van der Waals surface area contributed by atoms with E-state index >= 15 is 0 Å². The normalized spacial score (nSPS) is 16.4. The van der Waals surface area contributed by atoms with Crippen LogP contribution in [0.1, 0.15) is 55.8 Å². The summed E-state index contributed by atoms with van der Waals surface area (Å²) in [6.45, 7) is 1.75. The summed E-state index contributed by atoms with van der Waals surface area (Å²) in [5.74, 6) is -4.13. The Balaban J connectivity index is 1.39. The SMILES string of the molecule is COc1ccc2ncc(F)c(C(O)CCC3(CC(=O)O)CCN(CCCc4cc(F)cc(F)c4F)CC3)c2c1. The molecule has 0 bridgehead atoms. The van der Waals surface area contributed by atoms with Gasteiger partial charge in [-0.2, -0.15) is 0 Å². The van der Waals surface area contributed by atoms with Gasteiger partial charge in [0.25, 0.3) is 0 Å². The minimum Gasteiger partial charge on any atom is -0.497 e. The molecule has 1 saturated heterocycles. The Morgan fingerprint density at radius 2 is 1.87 bits per heavy atom. The number of hydrogen-bond donors (Lipinski definition) is 2. The molecule has 0 aliphatic carbocycles. The number of benzene rings is 2. The number of rotatable bonds is 11. The smallest absolute Gasteiger partial charge is 0.303 e. The van der Waals surface area contributed by atoms with Crippen LogP contribution >= 0.6 is 0 Å². The van der Waals surface area contributed by atoms with Crippen LogP contribution < -0.4 is 4.74 Å². The lowest BCUT2D eigenvalue weighted by Crippen LogP contribution is -2.41. The maximum absolute atomic E-state index is 14.8. The van der Waals surface area contributed by atoms with Crippen molar-refractivity contribution < 1.29 is 37.3 Å². The quantitative estimate of drug-likeness (QED) is 0.233. The number of carboxylic acid groups (broad SMARTS) is 1. The molecule has 0 amide bonds. The number of aryl methyl sites for hydroxylation is 1. The molecular weight excluding hydrogens is 516 g/mol. The Hall–Kier alpha value is -3.24. The third kappa shape index (κ3) is 6.86. The number of ether oxygens (including phenoxy) is 1. The van der Waals surface area contributed by atoms with E-state index in [1.54, 1.807) is 18.2 Å². The molecule has 2 N–H and O–H groups in total. The van der Waals surface area contributed by atoms with Crippen molar-refractivity contribution in [2.45, 2.75) is 51.0 Å². The van der Waals surface area contributed by atoms with Gasteiger partial charge in [0, 0.05) is 17.0 Å². The number of methoxy groups -OCH3 is 1. The number of pyridine rings is 1. The summed E-state index contributed by atoms with van der Waals surface area (Å²) >= 11 is 0. The number of fused-ring (bicyclic) bond motifs is 1. The maximum atomic E-state index is 14.8. The number of nitrogens with zero attached hydrogens (tertiary/aromatic N) is 2. The van der Waals surface area contributed by atoms with Gasteiger partial charge in [-0.3, -0.25) is 9.78 Å². The van der Waals surface area contributed by atoms with Crippen molar-refractivity contribution >= 4 is 16.9 Å². The third-order valence-corrected chi connectivity index (χ3v) is 7.78. The lowest BCUT2D eigenvalue weighted by atomic mass is 9.71. The van der Waals surface area contributed by atoms with Gasteiger partial charge in [-0.25, -0.2) is 17.6 Å². The predicted octanol–water partition coefficient (Wildman–Crippen LogP) is 5.80. The zero-order valence-electron chi connectivity index (χ0n) is 21.7. The molecule has 1 fully saturated rings. The van der Waals surface area contributed by atoms with E-state index in [0.717, 1.165) is 12.3 Å². The van der Waals surface area contributed by atoms with Gasteiger partial charge in [0.2, 0.25) is 0 Å². The van der Waals surface area contributed by atoms with E-state index in [9.17, 15) is 32.6 Å². The van der Waals surface area contributed by atoms with Gasteiger partial charge >= 0.3 is 5.97 Å². The summed E-state index contributed by atoms with van der Waals surface area (Å²) in [6.07, 6.45) is 2.18. The number of aliphatic carboxylic acids is 1. The summed E-state index contributed by atoms with van der Waals surface area (Å²) < 4.78 is 60.9. The van der Waals surface area contributed by atoms with Crippen LogP contribution in [-0.2, 0) is 11.2 Å². The van der Waals surface area contributed by atoms with E-state index in [1.807, 2.05) is 0 Å². The number of hydrogen-bond acceptors (Lipinski definition) is 5. The molecule has 6 nitrogen and oxygen atoms in total. The Morgan fingerprint density at radius 3 is 2.56 bits per heavy atom. The lowest BCUT2D eigenvalue weighted by molar-refractivity contribution is -0.141. The van der Waals surface area contributed by atoms with Crippen LogP contribution in [0.25, 0.3) is 10.9 Å². The van der Waals surface area contributed by atoms with E-state index in [4.69, 9.17) is 4.74 Å². The first kappa shape index (κ1) is 28.8. The fraction of sp³-hybridized carbons (Fsp3) is 0.448. The number of aliphatic hydroxyl groups is 1. The zero-order chi connectivity index (χ0) is 28.2. The fourth-order valence-electron chi connectivity index (χ4n) is 5.59. The lowest BCUT2D eigenvalue weighted by Gasteiger charge is -2.41. The van der Waals surface area contributed by atoms with Crippen molar-refractivity contribution in [2.75, 3.05) is 26.7 Å². The molecule has 3 aromatic rings. The van der Waals surface area contributed by atoms with E-state index in [-0.39, 0.29) is 30.4 Å². The molecule has 2 aromatic carbocycles. The average molecular weight is 549 g/mol. The molecule has 1 atom stereocenters. The van der Waals surface area contributed by atoms with E-state index < -0.39 is 40.8 Å². The second-order valence-corrected chi connectivity index (χ2v) is 10.3. The number of piperidine rings is 1. The molecule has 1 aliphatic heterocycles. The summed E-state index contributed by atoms with van der Waals surface area (Å²) in [4.78, 5) is 17.9. The average Bonchev–Trinajstić information content (AvgIpc) is 2.90. The second kappa shape index (κ2) is 12.3. The molecule has 210 valence electrons. The molecule has 39 heavy (non-hydrogen) atoms. The Kier molecular flexibility index (Phi) is 9.07. The van der Waals surface area contributed by atoms with Gasteiger partial charge in [-0.1, -0.05) is 0 Å². The standard InChI is InChI=1S/C29H32F4N2O4/c1-39-20-4-5-24-21(15-20)27(23(32)17-34-24)25(36)6-7-29(16-26(37)38)8-11-35(12-9-29)10-2-3-18-13-19(30)14-22(31)28(18)33/h4-5,13-15,17,25,36H,2-3,6-12,16H2,1H3,(H,37,38). The molecule has 2 heterocycles. The highest BCUT2D eigenvalue weighted by molar-refractivity contribution is 5.84. The highest BCUT2D eigenvalue weighted by Crippen LogP contribution is 2.42. The third-order valence-electron chi connectivity index (χ3n) is 7.78. The van der Waals surface area contributed by atoms with Crippen molar-refractivity contribution in [1.29, 1.82) is 0 Å². The zero-order valence-corrected chi connectivity index (χ0v) is 21.7. The summed E-state index contributed by atoms with van der Waals surface area (Å²) in [5.41, 5.74) is 0.0497. The molecule has 1 unspecified atom stereocenters. The molecular formula is C29H32F4N2O4. The summed E-state index contributed by atoms with van der Waals surface area (Å²) in [6, 6.07) is 6.53. The van der Waals surface area contributed by atoms with Gasteiger partial charge < -0.3 is 19.8 Å². The topological polar surface area (TPSA) is 82.9 Å². The highest BCUT2D eigenvalue weighted by Gasteiger charge is 2.37. The second-order valence-electron chi connectivity index (χ2n) is 10.3. The Morgan fingerprint density at radius 1 is 1.13 bits per heavy atom. The van der Waals surface area contributed by atoms with Crippen LogP contribution in [0.15, 0.2) is 36.5 Å². The largest absolute Gasteiger partial charge is 0.497 e. The van der Waals surface area contributed by atoms with Gasteiger partial charge in [0.15, 0.2) is 11.6 Å². The summed E-state index contributed by atoms with van der Waals surface area (Å²) in [7, 11) is 1.49. The van der Waals surface area contributed by atoms with Crippen LogP contribution in [0, 0.1) is 28.7 Å². The molecule has 0 radical (unpaired) electrons. The minimum atomic E-state index is -1.21. The van der Waals surface area contributed by atoms with Crippen molar-refractivity contribution in [2.24, 2.45) is 5.41 Å². The number of aliphatic hydroxyl groups excluding tert-OH is 1. The first-order valence-electron chi connectivity index (χ1n) is 13.0. The van der Waals surface area contributed by atoms with E-state index in [1.165, 1.54) is 7.11 Å². The van der Waals surface area contributed by atoms with Crippen molar-refractivity contribution in [3.8, 4) is 5.75 Å². The predicted molar refractivity (Wildman–Crippen MR) is 137 cm³/mol. The van der Waals surface area contributed by atoms with Gasteiger partial charge in [0.05, 0.1) is 31.3 Å².